The molecular formula is C9H13ClO3. The zero-order chi connectivity index (χ0) is 9.84. The number of hydrogen-bond acceptors (Lipinski definition) is 3. The van der Waals surface area contributed by atoms with Crippen molar-refractivity contribution >= 4 is 11.6 Å². The van der Waals surface area contributed by atoms with Crippen molar-refractivity contribution in [2.24, 2.45) is 0 Å². The first kappa shape index (κ1) is 10.6. The van der Waals surface area contributed by atoms with Crippen LogP contribution < -0.4 is 0 Å². The van der Waals surface area contributed by atoms with Crippen LogP contribution in [0.5, 0.6) is 0 Å². The van der Waals surface area contributed by atoms with E-state index in [1.807, 2.05) is 13.8 Å². The first-order valence-corrected chi connectivity index (χ1v) is 4.52. The van der Waals surface area contributed by atoms with E-state index in [4.69, 9.17) is 20.8 Å². The first-order chi connectivity index (χ1) is 6.09. The van der Waals surface area contributed by atoms with Crippen molar-refractivity contribution in [2.75, 3.05) is 6.61 Å². The van der Waals surface area contributed by atoms with Crippen LogP contribution in [-0.2, 0) is 4.74 Å². The Morgan fingerprint density at radius 2 is 2.23 bits per heavy atom. The Bertz CT molecular complexity index is 257. The van der Waals surface area contributed by atoms with Gasteiger partial charge in [0.2, 0.25) is 0 Å². The van der Waals surface area contributed by atoms with E-state index >= 15 is 0 Å². The van der Waals surface area contributed by atoms with Gasteiger partial charge < -0.3 is 14.3 Å². The highest BCUT2D eigenvalue weighted by atomic mass is 35.5. The van der Waals surface area contributed by atoms with E-state index in [-0.39, 0.29) is 17.9 Å². The van der Waals surface area contributed by atoms with Gasteiger partial charge in [-0.3, -0.25) is 0 Å². The van der Waals surface area contributed by atoms with Crippen LogP contribution in [0.3, 0.4) is 0 Å². The average molecular weight is 205 g/mol. The van der Waals surface area contributed by atoms with Gasteiger partial charge in [0.15, 0.2) is 5.22 Å². The predicted octanol–water partition coefficient (Wildman–Crippen LogP) is 2.39. The summed E-state index contributed by atoms with van der Waals surface area (Å²) in [5.74, 6) is 0.436. The van der Waals surface area contributed by atoms with E-state index in [0.29, 0.717) is 5.76 Å². The van der Waals surface area contributed by atoms with E-state index in [1.165, 1.54) is 0 Å². The summed E-state index contributed by atoms with van der Waals surface area (Å²) in [7, 11) is 0. The minimum Gasteiger partial charge on any atom is -0.447 e. The normalized spacial score (nSPS) is 13.6. The van der Waals surface area contributed by atoms with Gasteiger partial charge in [-0.1, -0.05) is 0 Å². The lowest BCUT2D eigenvalue weighted by atomic mass is 10.3. The van der Waals surface area contributed by atoms with Crippen molar-refractivity contribution in [3.05, 3.63) is 23.1 Å². The molecule has 0 saturated carbocycles. The Morgan fingerprint density at radius 3 is 2.69 bits per heavy atom. The van der Waals surface area contributed by atoms with Crippen molar-refractivity contribution in [1.82, 2.24) is 0 Å². The molecule has 13 heavy (non-hydrogen) atoms. The van der Waals surface area contributed by atoms with Crippen LogP contribution in [0.4, 0.5) is 0 Å². The maximum absolute atomic E-state index is 9.51. The van der Waals surface area contributed by atoms with Crippen molar-refractivity contribution in [3.63, 3.8) is 0 Å². The van der Waals surface area contributed by atoms with E-state index in [1.54, 1.807) is 12.1 Å². The lowest BCUT2D eigenvalue weighted by molar-refractivity contribution is -0.00341. The third-order valence-electron chi connectivity index (χ3n) is 1.51. The molecule has 1 N–H and O–H groups in total. The van der Waals surface area contributed by atoms with Gasteiger partial charge in [-0.25, -0.2) is 0 Å². The molecule has 0 fully saturated rings. The number of aliphatic hydroxyl groups is 1. The highest BCUT2D eigenvalue weighted by molar-refractivity contribution is 6.28. The average Bonchev–Trinajstić information content (AvgIpc) is 2.47. The second-order valence-corrected chi connectivity index (χ2v) is 3.41. The molecule has 0 aliphatic carbocycles. The molecule has 1 heterocycles. The fraction of sp³-hybridized carbons (Fsp3) is 0.556. The standard InChI is InChI=1S/C9H13ClO3/c1-6(2)12-5-7(11)8-3-4-9(10)13-8/h3-4,6-7,11H,5H2,1-2H3. The first-order valence-electron chi connectivity index (χ1n) is 4.14. The van der Waals surface area contributed by atoms with Gasteiger partial charge in [0.05, 0.1) is 12.7 Å². The summed E-state index contributed by atoms with van der Waals surface area (Å²) in [6, 6.07) is 3.23. The summed E-state index contributed by atoms with van der Waals surface area (Å²) < 4.78 is 10.2. The molecule has 1 aromatic rings. The van der Waals surface area contributed by atoms with E-state index < -0.39 is 6.10 Å². The Morgan fingerprint density at radius 1 is 1.54 bits per heavy atom. The van der Waals surface area contributed by atoms with Crippen molar-refractivity contribution in [1.29, 1.82) is 0 Å². The number of hydrogen-bond donors (Lipinski definition) is 1. The molecule has 0 radical (unpaired) electrons. The molecule has 1 rings (SSSR count). The van der Waals surface area contributed by atoms with Gasteiger partial charge in [0.1, 0.15) is 11.9 Å². The van der Waals surface area contributed by atoms with Crippen LogP contribution >= 0.6 is 11.6 Å². The van der Waals surface area contributed by atoms with Gasteiger partial charge in [0.25, 0.3) is 0 Å². The van der Waals surface area contributed by atoms with Crippen LogP contribution in [-0.4, -0.2) is 17.8 Å². The minimum absolute atomic E-state index is 0.0973. The van der Waals surface area contributed by atoms with Crippen molar-refractivity contribution in [3.8, 4) is 0 Å². The van der Waals surface area contributed by atoms with Gasteiger partial charge in [-0.05, 0) is 37.6 Å². The van der Waals surface area contributed by atoms with E-state index in [0.717, 1.165) is 0 Å². The monoisotopic (exact) mass is 204 g/mol. The summed E-state index contributed by atoms with van der Waals surface area (Å²) in [5.41, 5.74) is 0. The van der Waals surface area contributed by atoms with Crippen LogP contribution in [0.25, 0.3) is 0 Å². The molecule has 1 aromatic heterocycles. The third-order valence-corrected chi connectivity index (χ3v) is 1.71. The highest BCUT2D eigenvalue weighted by Gasteiger charge is 2.12. The van der Waals surface area contributed by atoms with Gasteiger partial charge in [-0.2, -0.15) is 0 Å². The zero-order valence-corrected chi connectivity index (χ0v) is 8.41. The summed E-state index contributed by atoms with van der Waals surface area (Å²) in [5, 5.41) is 9.78. The lowest BCUT2D eigenvalue weighted by Gasteiger charge is -2.10. The number of rotatable bonds is 4. The SMILES string of the molecule is CC(C)OCC(O)c1ccc(Cl)o1. The zero-order valence-electron chi connectivity index (χ0n) is 7.66. The van der Waals surface area contributed by atoms with Crippen LogP contribution in [0, 0.1) is 0 Å². The molecule has 0 bridgehead atoms. The molecular weight excluding hydrogens is 192 g/mol. The Hall–Kier alpha value is -0.510. The largest absolute Gasteiger partial charge is 0.447 e. The molecule has 1 unspecified atom stereocenters. The van der Waals surface area contributed by atoms with Gasteiger partial charge >= 0.3 is 0 Å². The molecule has 0 saturated heterocycles. The number of aliphatic hydroxyl groups excluding tert-OH is 1. The van der Waals surface area contributed by atoms with Crippen molar-refractivity contribution in [2.45, 2.75) is 26.1 Å². The third kappa shape index (κ3) is 3.38. The minimum atomic E-state index is -0.741. The van der Waals surface area contributed by atoms with E-state index in [9.17, 15) is 5.11 Å². The molecule has 1 atom stereocenters. The predicted molar refractivity (Wildman–Crippen MR) is 49.8 cm³/mol. The topological polar surface area (TPSA) is 42.6 Å². The number of halogens is 1. The second kappa shape index (κ2) is 4.65. The quantitative estimate of drug-likeness (QED) is 0.819. The number of furan rings is 1. The summed E-state index contributed by atoms with van der Waals surface area (Å²) >= 11 is 5.55. The molecule has 4 heteroatoms. The Kier molecular flexibility index (Phi) is 3.78. The Labute approximate surface area is 82.3 Å². The van der Waals surface area contributed by atoms with E-state index in [2.05, 4.69) is 0 Å². The van der Waals surface area contributed by atoms with Crippen molar-refractivity contribution < 1.29 is 14.3 Å². The van der Waals surface area contributed by atoms with Gasteiger partial charge in [0, 0.05) is 0 Å². The molecule has 3 nitrogen and oxygen atoms in total. The Balaban J connectivity index is 2.44. The maximum Gasteiger partial charge on any atom is 0.193 e. The highest BCUT2D eigenvalue weighted by Crippen LogP contribution is 2.20. The fourth-order valence-electron chi connectivity index (χ4n) is 0.873. The van der Waals surface area contributed by atoms with Crippen LogP contribution in [0.15, 0.2) is 16.5 Å². The molecule has 74 valence electrons. The second-order valence-electron chi connectivity index (χ2n) is 3.04. The summed E-state index contributed by atoms with van der Waals surface area (Å²) in [6.45, 7) is 4.03. The smallest absolute Gasteiger partial charge is 0.193 e. The molecule has 0 aromatic carbocycles. The number of ether oxygens (including phenoxy) is 1. The maximum atomic E-state index is 9.51. The molecule has 0 amide bonds. The summed E-state index contributed by atoms with van der Waals surface area (Å²) in [6.07, 6.45) is -0.644. The lowest BCUT2D eigenvalue weighted by Crippen LogP contribution is -2.11. The van der Waals surface area contributed by atoms with Crippen LogP contribution in [0.1, 0.15) is 25.7 Å². The van der Waals surface area contributed by atoms with Gasteiger partial charge in [-0.15, -0.1) is 0 Å². The molecule has 0 aliphatic heterocycles. The molecule has 0 aliphatic rings. The molecule has 0 spiro atoms. The van der Waals surface area contributed by atoms with Crippen LogP contribution in [0.2, 0.25) is 5.22 Å². The summed E-state index contributed by atoms with van der Waals surface area (Å²) in [4.78, 5) is 0. The fourth-order valence-corrected chi connectivity index (χ4v) is 1.03.